The summed E-state index contributed by atoms with van der Waals surface area (Å²) in [5.74, 6) is -35.8. The van der Waals surface area contributed by atoms with Crippen LogP contribution in [0.2, 0.25) is 0 Å². The minimum absolute atomic E-state index is 0.574. The highest BCUT2D eigenvalue weighted by atomic mass is 32.2. The summed E-state index contributed by atoms with van der Waals surface area (Å²) < 4.78 is 195. The van der Waals surface area contributed by atoms with Gasteiger partial charge in [-0.15, -0.1) is 0 Å². The number of carbonyl (C=O) groups is 1. The predicted molar refractivity (Wildman–Crippen MR) is 73.7 cm³/mol. The Morgan fingerprint density at radius 1 is 0.806 bits per heavy atom. The number of hydrogen-bond donors (Lipinski definition) is 1. The Morgan fingerprint density at radius 2 is 1.23 bits per heavy atom. The van der Waals surface area contributed by atoms with Crippen LogP contribution in [0.3, 0.4) is 0 Å². The normalized spacial score (nSPS) is 15.0. The van der Waals surface area contributed by atoms with Crippen molar-refractivity contribution in [2.24, 2.45) is 0 Å². The van der Waals surface area contributed by atoms with Crippen LogP contribution < -0.4 is 5.32 Å². The lowest BCUT2D eigenvalue weighted by molar-refractivity contribution is -0.433. The molecule has 5 nitrogen and oxygen atoms in total. The van der Waals surface area contributed by atoms with Gasteiger partial charge < -0.3 is 10.1 Å². The Bertz CT molecular complexity index is 776. The maximum Gasteiger partial charge on any atom is 0.460 e. The number of carbonyl (C=O) groups excluding carboxylic acids is 1. The molecule has 0 saturated carbocycles. The van der Waals surface area contributed by atoms with E-state index in [1.807, 2.05) is 0 Å². The van der Waals surface area contributed by atoms with E-state index in [9.17, 15) is 70.3 Å². The highest BCUT2D eigenvalue weighted by Crippen LogP contribution is 2.60. The number of rotatable bonds is 11. The Morgan fingerprint density at radius 3 is 1.61 bits per heavy atom. The van der Waals surface area contributed by atoms with Gasteiger partial charge in [0.05, 0.1) is 0 Å². The second-order valence-electron chi connectivity index (χ2n) is 5.44. The van der Waals surface area contributed by atoms with E-state index in [2.05, 4.69) is 11.3 Å². The van der Waals surface area contributed by atoms with Gasteiger partial charge in [-0.1, -0.05) is 6.58 Å². The van der Waals surface area contributed by atoms with E-state index in [4.69, 9.17) is 0 Å². The second-order valence-corrected chi connectivity index (χ2v) is 7.47. The van der Waals surface area contributed by atoms with E-state index in [0.717, 1.165) is 0 Å². The molecule has 0 bridgehead atoms. The summed E-state index contributed by atoms with van der Waals surface area (Å²) in [6.45, 7) is 1.16. The third-order valence-electron chi connectivity index (χ3n) is 3.28. The molecule has 0 fully saturated rings. The largest absolute Gasteiger partial charge is 0.461 e. The number of hydrogen-bond acceptors (Lipinski definition) is 5. The molecular weight excluding hydrogens is 501 g/mol. The highest BCUT2D eigenvalue weighted by Gasteiger charge is 2.92. The van der Waals surface area contributed by atoms with Crippen molar-refractivity contribution in [2.45, 2.75) is 35.1 Å². The molecule has 0 atom stereocenters. The molecule has 0 aliphatic rings. The Hall–Kier alpha value is -1.79. The Labute approximate surface area is 164 Å². The van der Waals surface area contributed by atoms with E-state index < -0.39 is 70.0 Å². The van der Waals surface area contributed by atoms with Gasteiger partial charge in [0.15, 0.2) is 0 Å². The van der Waals surface area contributed by atoms with Crippen molar-refractivity contribution in [1.82, 2.24) is 5.32 Å². The van der Waals surface area contributed by atoms with Gasteiger partial charge >= 0.3 is 41.1 Å². The molecule has 19 heteroatoms. The number of ether oxygens (including phenoxy) is 1. The molecule has 0 heterocycles. The van der Waals surface area contributed by atoms with E-state index in [-0.39, 0.29) is 0 Å². The van der Waals surface area contributed by atoms with Crippen molar-refractivity contribution in [3.63, 3.8) is 0 Å². The monoisotopic (exact) mass is 511 g/mol. The van der Waals surface area contributed by atoms with Gasteiger partial charge in [-0.25, -0.2) is 13.2 Å². The van der Waals surface area contributed by atoms with Crippen LogP contribution in [0.1, 0.15) is 0 Å². The number of sulfone groups is 1. The van der Waals surface area contributed by atoms with Crippen LogP contribution in [-0.2, 0) is 19.4 Å². The van der Waals surface area contributed by atoms with Gasteiger partial charge in [-0.2, -0.15) is 57.1 Å². The standard InChI is InChI=1S/C12H10F13NO4S/c1-2-6(27)30-4-3-26-5-31(28,29)12(24,25)10(19,20)8(15,16)7(13,14)9(17,18)11(21,22)23/h2,26H,1,3-5H2. The SMILES string of the molecule is C=CC(=O)OCCNCS(=O)(=O)C(F)(F)C(F)(F)C(F)(F)C(F)(F)C(F)(F)C(F)(F)F. The molecule has 0 saturated heterocycles. The lowest BCUT2D eigenvalue weighted by atomic mass is 9.98. The van der Waals surface area contributed by atoms with Crippen LogP contribution in [0.15, 0.2) is 12.7 Å². The van der Waals surface area contributed by atoms with Crippen molar-refractivity contribution in [2.75, 3.05) is 19.0 Å². The summed E-state index contributed by atoms with van der Waals surface area (Å²) in [5.41, 5.74) is 0. The summed E-state index contributed by atoms with van der Waals surface area (Å²) >= 11 is 0. The molecule has 0 aromatic carbocycles. The second kappa shape index (κ2) is 8.62. The van der Waals surface area contributed by atoms with Gasteiger partial charge in [0.1, 0.15) is 12.5 Å². The molecular formula is C12H10F13NO4S. The van der Waals surface area contributed by atoms with Crippen LogP contribution in [0, 0.1) is 0 Å². The lowest BCUT2D eigenvalue weighted by Crippen LogP contribution is -2.71. The molecule has 1 N–H and O–H groups in total. The number of halogens is 13. The molecule has 0 spiro atoms. The van der Waals surface area contributed by atoms with Gasteiger partial charge in [-0.05, 0) is 0 Å². The highest BCUT2D eigenvalue weighted by molar-refractivity contribution is 7.92. The molecule has 0 amide bonds. The lowest BCUT2D eigenvalue weighted by Gasteiger charge is -2.39. The molecule has 31 heavy (non-hydrogen) atoms. The van der Waals surface area contributed by atoms with Crippen molar-refractivity contribution in [1.29, 1.82) is 0 Å². The van der Waals surface area contributed by atoms with Crippen LogP contribution >= 0.6 is 0 Å². The first kappa shape index (κ1) is 29.2. The first-order valence-electron chi connectivity index (χ1n) is 7.13. The minimum Gasteiger partial charge on any atom is -0.461 e. The third kappa shape index (κ3) is 4.85. The van der Waals surface area contributed by atoms with Crippen molar-refractivity contribution in [3.05, 3.63) is 12.7 Å². The molecule has 0 unspecified atom stereocenters. The zero-order chi connectivity index (χ0) is 25.3. The van der Waals surface area contributed by atoms with Crippen LogP contribution in [-0.4, -0.2) is 68.5 Å². The Balaban J connectivity index is 5.89. The van der Waals surface area contributed by atoms with E-state index in [1.165, 1.54) is 5.32 Å². The maximum absolute atomic E-state index is 13.6. The fraction of sp³-hybridized carbons (Fsp3) is 0.750. The quantitative estimate of drug-likeness (QED) is 0.200. The zero-order valence-corrected chi connectivity index (χ0v) is 15.2. The van der Waals surface area contributed by atoms with E-state index in [1.54, 1.807) is 0 Å². The predicted octanol–water partition coefficient (Wildman–Crippen LogP) is 3.37. The van der Waals surface area contributed by atoms with E-state index >= 15 is 0 Å². The summed E-state index contributed by atoms with van der Waals surface area (Å²) in [7, 11) is -6.94. The summed E-state index contributed by atoms with van der Waals surface area (Å²) in [6, 6.07) is 0. The Kier molecular flexibility index (Phi) is 8.13. The molecule has 184 valence electrons. The molecule has 0 aromatic heterocycles. The number of esters is 1. The molecule has 0 rings (SSSR count). The summed E-state index contributed by atoms with van der Waals surface area (Å²) in [6.07, 6.45) is -7.03. The van der Waals surface area contributed by atoms with Crippen LogP contribution in [0.5, 0.6) is 0 Å². The average molecular weight is 511 g/mol. The molecule has 0 aliphatic carbocycles. The third-order valence-corrected chi connectivity index (χ3v) is 4.90. The number of nitrogens with one attached hydrogen (secondary N) is 1. The van der Waals surface area contributed by atoms with Crippen molar-refractivity contribution in [3.8, 4) is 0 Å². The summed E-state index contributed by atoms with van der Waals surface area (Å²) in [4.78, 5) is 10.6. The molecule has 0 aliphatic heterocycles. The smallest absolute Gasteiger partial charge is 0.460 e. The first-order chi connectivity index (χ1) is 13.5. The topological polar surface area (TPSA) is 72.5 Å². The first-order valence-corrected chi connectivity index (χ1v) is 8.79. The van der Waals surface area contributed by atoms with Crippen molar-refractivity contribution >= 4 is 15.8 Å². The average Bonchev–Trinajstić information content (AvgIpc) is 2.59. The molecule has 0 radical (unpaired) electrons. The van der Waals surface area contributed by atoms with Crippen LogP contribution in [0.25, 0.3) is 0 Å². The minimum atomic E-state index is -8.21. The van der Waals surface area contributed by atoms with Gasteiger partial charge in [0, 0.05) is 12.6 Å². The van der Waals surface area contributed by atoms with Gasteiger partial charge in [0.25, 0.3) is 0 Å². The van der Waals surface area contributed by atoms with Gasteiger partial charge in [-0.3, -0.25) is 0 Å². The fourth-order valence-corrected chi connectivity index (χ4v) is 2.64. The number of alkyl halides is 13. The summed E-state index contributed by atoms with van der Waals surface area (Å²) in [5, 5.41) is -5.91. The van der Waals surface area contributed by atoms with Crippen molar-refractivity contribution < 1.29 is 75.0 Å². The zero-order valence-electron chi connectivity index (χ0n) is 14.4. The van der Waals surface area contributed by atoms with E-state index in [0.29, 0.717) is 6.08 Å². The van der Waals surface area contributed by atoms with Gasteiger partial charge in [0.2, 0.25) is 9.84 Å². The van der Waals surface area contributed by atoms with Crippen LogP contribution in [0.4, 0.5) is 57.1 Å². The maximum atomic E-state index is 13.6. The molecule has 0 aromatic rings. The fourth-order valence-electron chi connectivity index (χ4n) is 1.53.